The number of hydrogen-bond acceptors (Lipinski definition) is 2. The van der Waals surface area contributed by atoms with E-state index in [9.17, 15) is 0 Å². The fourth-order valence-electron chi connectivity index (χ4n) is 2.39. The minimum atomic E-state index is -0.486. The van der Waals surface area contributed by atoms with Gasteiger partial charge in [0.05, 0.1) is 0 Å². The van der Waals surface area contributed by atoms with Crippen molar-refractivity contribution in [2.24, 2.45) is 0 Å². The van der Waals surface area contributed by atoms with E-state index < -0.39 is 6.29 Å². The van der Waals surface area contributed by atoms with Crippen LogP contribution in [-0.2, 0) is 0 Å². The summed E-state index contributed by atoms with van der Waals surface area (Å²) in [6.45, 7) is 4.09. The van der Waals surface area contributed by atoms with Crippen molar-refractivity contribution in [3.8, 4) is 11.5 Å². The van der Waals surface area contributed by atoms with E-state index >= 15 is 0 Å². The molecule has 0 spiro atoms. The molecular weight excluding hydrogens is 284 g/mol. The predicted molar refractivity (Wildman–Crippen MR) is 92.8 cm³/mol. The van der Waals surface area contributed by atoms with Gasteiger partial charge in [-0.25, -0.2) is 0 Å². The van der Waals surface area contributed by atoms with Crippen molar-refractivity contribution in [2.75, 3.05) is 0 Å². The van der Waals surface area contributed by atoms with Gasteiger partial charge in [-0.15, -0.1) is 0 Å². The average Bonchev–Trinajstić information content (AvgIpc) is 2.55. The Balaban J connectivity index is 1.87. The Kier molecular flexibility index (Phi) is 4.62. The van der Waals surface area contributed by atoms with Crippen molar-refractivity contribution >= 4 is 0 Å². The SMILES string of the molecule is Cc1cccc(OC(Oc2cccc(C)c2)c2ccccc2)c1. The van der Waals surface area contributed by atoms with E-state index in [0.29, 0.717) is 0 Å². The van der Waals surface area contributed by atoms with Crippen LogP contribution in [0.25, 0.3) is 0 Å². The van der Waals surface area contributed by atoms with Crippen LogP contribution < -0.4 is 9.47 Å². The Morgan fingerprint density at radius 1 is 0.609 bits per heavy atom. The number of hydrogen-bond donors (Lipinski definition) is 0. The lowest BCUT2D eigenvalue weighted by Crippen LogP contribution is -2.15. The largest absolute Gasteiger partial charge is 0.451 e. The third-order valence-corrected chi connectivity index (χ3v) is 3.54. The second-order valence-electron chi connectivity index (χ2n) is 5.61. The number of ether oxygens (including phenoxy) is 2. The zero-order chi connectivity index (χ0) is 16.1. The maximum Gasteiger partial charge on any atom is 0.267 e. The van der Waals surface area contributed by atoms with Crippen LogP contribution in [-0.4, -0.2) is 0 Å². The van der Waals surface area contributed by atoms with Gasteiger partial charge >= 0.3 is 0 Å². The van der Waals surface area contributed by atoms with Crippen molar-refractivity contribution < 1.29 is 9.47 Å². The molecule has 116 valence electrons. The molecule has 0 amide bonds. The molecule has 3 aromatic carbocycles. The summed E-state index contributed by atoms with van der Waals surface area (Å²) in [6, 6.07) is 26.0. The maximum absolute atomic E-state index is 6.10. The Morgan fingerprint density at radius 2 is 1.13 bits per heavy atom. The summed E-state index contributed by atoms with van der Waals surface area (Å²) < 4.78 is 12.2. The summed E-state index contributed by atoms with van der Waals surface area (Å²) in [5, 5.41) is 0. The molecule has 0 bridgehead atoms. The normalized spacial score (nSPS) is 10.6. The van der Waals surface area contributed by atoms with E-state index in [1.165, 1.54) is 0 Å². The summed E-state index contributed by atoms with van der Waals surface area (Å²) in [5.74, 6) is 1.60. The van der Waals surface area contributed by atoms with Crippen LogP contribution in [0.3, 0.4) is 0 Å². The molecule has 2 nitrogen and oxygen atoms in total. The molecule has 3 rings (SSSR count). The zero-order valence-corrected chi connectivity index (χ0v) is 13.4. The lowest BCUT2D eigenvalue weighted by molar-refractivity contribution is 0.00375. The molecule has 0 saturated carbocycles. The van der Waals surface area contributed by atoms with Crippen molar-refractivity contribution in [3.05, 3.63) is 95.6 Å². The quantitative estimate of drug-likeness (QED) is 0.583. The second kappa shape index (κ2) is 7.01. The van der Waals surface area contributed by atoms with E-state index in [1.807, 2.05) is 92.7 Å². The lowest BCUT2D eigenvalue weighted by Gasteiger charge is -2.21. The van der Waals surface area contributed by atoms with E-state index in [4.69, 9.17) is 9.47 Å². The minimum absolute atomic E-state index is 0.486. The van der Waals surface area contributed by atoms with Crippen molar-refractivity contribution in [1.82, 2.24) is 0 Å². The van der Waals surface area contributed by atoms with Gasteiger partial charge in [-0.2, -0.15) is 0 Å². The Morgan fingerprint density at radius 3 is 1.61 bits per heavy atom. The molecule has 0 radical (unpaired) electrons. The highest BCUT2D eigenvalue weighted by atomic mass is 16.7. The molecule has 0 saturated heterocycles. The van der Waals surface area contributed by atoms with Gasteiger partial charge in [-0.3, -0.25) is 0 Å². The molecule has 23 heavy (non-hydrogen) atoms. The maximum atomic E-state index is 6.10. The predicted octanol–water partition coefficient (Wildman–Crippen LogP) is 5.46. The summed E-state index contributed by atoms with van der Waals surface area (Å²) in [4.78, 5) is 0. The molecule has 2 heteroatoms. The zero-order valence-electron chi connectivity index (χ0n) is 13.4. The van der Waals surface area contributed by atoms with Gasteiger partial charge in [-0.05, 0) is 49.2 Å². The van der Waals surface area contributed by atoms with E-state index in [0.717, 1.165) is 28.2 Å². The van der Waals surface area contributed by atoms with Crippen molar-refractivity contribution in [1.29, 1.82) is 0 Å². The van der Waals surface area contributed by atoms with Crippen LogP contribution in [0.15, 0.2) is 78.9 Å². The van der Waals surface area contributed by atoms with E-state index in [-0.39, 0.29) is 0 Å². The molecular formula is C21H20O2. The fraction of sp³-hybridized carbons (Fsp3) is 0.143. The molecule has 0 aromatic heterocycles. The highest BCUT2D eigenvalue weighted by Gasteiger charge is 2.15. The molecule has 0 unspecified atom stereocenters. The Bertz CT molecular complexity index is 718. The Labute approximate surface area is 137 Å². The van der Waals surface area contributed by atoms with E-state index in [1.54, 1.807) is 0 Å². The molecule has 3 aromatic rings. The van der Waals surface area contributed by atoms with Gasteiger partial charge in [0.2, 0.25) is 0 Å². The lowest BCUT2D eigenvalue weighted by atomic mass is 10.2. The van der Waals surface area contributed by atoms with Gasteiger partial charge in [0.25, 0.3) is 6.29 Å². The average molecular weight is 304 g/mol. The molecule has 0 aliphatic carbocycles. The fourth-order valence-corrected chi connectivity index (χ4v) is 2.39. The van der Waals surface area contributed by atoms with Crippen LogP contribution in [0.4, 0.5) is 0 Å². The van der Waals surface area contributed by atoms with Crippen LogP contribution in [0, 0.1) is 13.8 Å². The number of rotatable bonds is 5. The van der Waals surface area contributed by atoms with Gasteiger partial charge < -0.3 is 9.47 Å². The molecule has 0 atom stereocenters. The first-order valence-corrected chi connectivity index (χ1v) is 7.72. The standard InChI is InChI=1S/C21H20O2/c1-16-8-6-12-19(14-16)22-21(18-10-4-3-5-11-18)23-20-13-7-9-17(2)15-20/h3-15,21H,1-2H3. The first kappa shape index (κ1) is 15.2. The topological polar surface area (TPSA) is 18.5 Å². The molecule has 0 heterocycles. The summed E-state index contributed by atoms with van der Waals surface area (Å²) >= 11 is 0. The van der Waals surface area contributed by atoms with Crippen LogP contribution in [0.1, 0.15) is 23.0 Å². The van der Waals surface area contributed by atoms with Crippen LogP contribution in [0.2, 0.25) is 0 Å². The first-order chi connectivity index (χ1) is 11.2. The second-order valence-corrected chi connectivity index (χ2v) is 5.61. The summed E-state index contributed by atoms with van der Waals surface area (Å²) in [7, 11) is 0. The molecule has 0 aliphatic rings. The smallest absolute Gasteiger partial charge is 0.267 e. The summed E-state index contributed by atoms with van der Waals surface area (Å²) in [6.07, 6.45) is -0.486. The van der Waals surface area contributed by atoms with Crippen molar-refractivity contribution in [3.63, 3.8) is 0 Å². The van der Waals surface area contributed by atoms with Gasteiger partial charge in [0.1, 0.15) is 11.5 Å². The Hall–Kier alpha value is -2.74. The minimum Gasteiger partial charge on any atom is -0.451 e. The number of aryl methyl sites for hydroxylation is 2. The van der Waals surface area contributed by atoms with Crippen LogP contribution >= 0.6 is 0 Å². The third-order valence-electron chi connectivity index (χ3n) is 3.54. The summed E-state index contributed by atoms with van der Waals surface area (Å²) in [5.41, 5.74) is 3.30. The molecule has 0 N–H and O–H groups in total. The van der Waals surface area contributed by atoms with Crippen LogP contribution in [0.5, 0.6) is 11.5 Å². The van der Waals surface area contributed by atoms with Gasteiger partial charge in [-0.1, -0.05) is 54.6 Å². The monoisotopic (exact) mass is 304 g/mol. The number of benzene rings is 3. The highest BCUT2D eigenvalue weighted by Crippen LogP contribution is 2.26. The van der Waals surface area contributed by atoms with Crippen molar-refractivity contribution in [2.45, 2.75) is 20.1 Å². The third kappa shape index (κ3) is 4.13. The first-order valence-electron chi connectivity index (χ1n) is 7.72. The molecule has 0 aliphatic heterocycles. The van der Waals surface area contributed by atoms with E-state index in [2.05, 4.69) is 0 Å². The highest BCUT2D eigenvalue weighted by molar-refractivity contribution is 5.31. The van der Waals surface area contributed by atoms with Gasteiger partial charge in [0, 0.05) is 5.56 Å². The van der Waals surface area contributed by atoms with Gasteiger partial charge in [0.15, 0.2) is 0 Å². The molecule has 0 fully saturated rings.